The average molecular weight is 360 g/mol. The molecule has 132 valence electrons. The van der Waals surface area contributed by atoms with Crippen LogP contribution in [0.25, 0.3) is 10.8 Å². The topological polar surface area (TPSA) is 94.1 Å². The van der Waals surface area contributed by atoms with Crippen LogP contribution in [0, 0.1) is 5.92 Å². The highest BCUT2D eigenvalue weighted by Crippen LogP contribution is 2.33. The van der Waals surface area contributed by atoms with E-state index in [0.29, 0.717) is 29.6 Å². The van der Waals surface area contributed by atoms with Crippen molar-refractivity contribution in [3.8, 4) is 10.8 Å². The SMILES string of the molecule is COC(=O)C1(NC(=O)c2csc(-c3ncccn3)n2)CCC(C)CC1. The van der Waals surface area contributed by atoms with Gasteiger partial charge in [-0.3, -0.25) is 4.79 Å². The predicted octanol–water partition coefficient (Wildman–Crippen LogP) is 2.45. The van der Waals surface area contributed by atoms with Gasteiger partial charge >= 0.3 is 5.97 Å². The van der Waals surface area contributed by atoms with E-state index in [9.17, 15) is 9.59 Å². The van der Waals surface area contributed by atoms with Crippen molar-refractivity contribution in [1.29, 1.82) is 0 Å². The van der Waals surface area contributed by atoms with Crippen molar-refractivity contribution in [2.24, 2.45) is 5.92 Å². The van der Waals surface area contributed by atoms with E-state index in [1.54, 1.807) is 23.8 Å². The number of ether oxygens (including phenoxy) is 1. The highest BCUT2D eigenvalue weighted by Gasteiger charge is 2.43. The molecule has 1 saturated carbocycles. The summed E-state index contributed by atoms with van der Waals surface area (Å²) in [7, 11) is 1.35. The zero-order valence-corrected chi connectivity index (χ0v) is 15.0. The normalized spacial score (nSPS) is 23.0. The van der Waals surface area contributed by atoms with E-state index in [-0.39, 0.29) is 11.6 Å². The molecule has 0 unspecified atom stereocenters. The van der Waals surface area contributed by atoms with Gasteiger partial charge in [0.1, 0.15) is 11.2 Å². The fraction of sp³-hybridized carbons (Fsp3) is 0.471. The van der Waals surface area contributed by atoms with Gasteiger partial charge in [0.2, 0.25) is 0 Å². The third-order valence-electron chi connectivity index (χ3n) is 4.55. The van der Waals surface area contributed by atoms with Gasteiger partial charge in [-0.1, -0.05) is 6.92 Å². The monoisotopic (exact) mass is 360 g/mol. The summed E-state index contributed by atoms with van der Waals surface area (Å²) in [5.41, 5.74) is -0.708. The number of aromatic nitrogens is 3. The molecule has 1 amide bonds. The maximum absolute atomic E-state index is 12.6. The van der Waals surface area contributed by atoms with Crippen LogP contribution in [0.5, 0.6) is 0 Å². The van der Waals surface area contributed by atoms with E-state index in [1.807, 2.05) is 0 Å². The minimum absolute atomic E-state index is 0.259. The number of methoxy groups -OCH3 is 1. The van der Waals surface area contributed by atoms with Gasteiger partial charge in [-0.25, -0.2) is 19.7 Å². The first-order chi connectivity index (χ1) is 12.0. The number of carbonyl (C=O) groups is 2. The van der Waals surface area contributed by atoms with Crippen molar-refractivity contribution >= 4 is 23.2 Å². The van der Waals surface area contributed by atoms with E-state index in [4.69, 9.17) is 4.74 Å². The molecule has 7 nitrogen and oxygen atoms in total. The van der Waals surface area contributed by atoms with Crippen LogP contribution in [-0.2, 0) is 9.53 Å². The lowest BCUT2D eigenvalue weighted by Crippen LogP contribution is -2.56. The van der Waals surface area contributed by atoms with Crippen LogP contribution >= 0.6 is 11.3 Å². The van der Waals surface area contributed by atoms with Crippen LogP contribution < -0.4 is 5.32 Å². The second-order valence-corrected chi connectivity index (χ2v) is 7.18. The van der Waals surface area contributed by atoms with Gasteiger partial charge in [0.05, 0.1) is 7.11 Å². The number of rotatable bonds is 4. The van der Waals surface area contributed by atoms with Gasteiger partial charge in [0.15, 0.2) is 10.8 Å². The number of carbonyl (C=O) groups excluding carboxylic acids is 2. The summed E-state index contributed by atoms with van der Waals surface area (Å²) in [5.74, 6) is 0.240. The molecule has 1 aliphatic carbocycles. The van der Waals surface area contributed by atoms with Crippen LogP contribution in [0.15, 0.2) is 23.8 Å². The van der Waals surface area contributed by atoms with Crippen molar-refractivity contribution in [2.75, 3.05) is 7.11 Å². The Bertz CT molecular complexity index is 754. The Morgan fingerprint density at radius 1 is 1.28 bits per heavy atom. The molecule has 2 aromatic heterocycles. The second kappa shape index (κ2) is 7.26. The Labute approximate surface area is 149 Å². The molecular formula is C17H20N4O3S. The number of hydrogen-bond donors (Lipinski definition) is 1. The number of thiazole rings is 1. The van der Waals surface area contributed by atoms with Gasteiger partial charge in [-0.15, -0.1) is 11.3 Å². The molecule has 0 aliphatic heterocycles. The number of hydrogen-bond acceptors (Lipinski definition) is 7. The molecule has 0 aromatic carbocycles. The Kier molecular flexibility index (Phi) is 5.08. The molecule has 0 bridgehead atoms. The molecule has 1 aliphatic rings. The zero-order chi connectivity index (χ0) is 17.9. The van der Waals surface area contributed by atoms with Crippen LogP contribution in [-0.4, -0.2) is 39.5 Å². The Balaban J connectivity index is 1.78. The van der Waals surface area contributed by atoms with Crippen LogP contribution in [0.1, 0.15) is 43.1 Å². The number of nitrogens with one attached hydrogen (secondary N) is 1. The standard InChI is InChI=1S/C17H20N4O3S/c1-11-4-6-17(7-5-11,16(23)24-2)21-14(22)12-10-25-15(20-12)13-18-8-3-9-19-13/h3,8-11H,4-7H2,1-2H3,(H,21,22). The number of amides is 1. The predicted molar refractivity (Wildman–Crippen MR) is 93.0 cm³/mol. The Hall–Kier alpha value is -2.35. The smallest absolute Gasteiger partial charge is 0.331 e. The number of nitrogens with zero attached hydrogens (tertiary/aromatic N) is 3. The van der Waals surface area contributed by atoms with Crippen molar-refractivity contribution in [3.05, 3.63) is 29.5 Å². The van der Waals surface area contributed by atoms with Crippen molar-refractivity contribution in [2.45, 2.75) is 38.1 Å². The molecule has 0 saturated heterocycles. The maximum Gasteiger partial charge on any atom is 0.331 e. The highest BCUT2D eigenvalue weighted by atomic mass is 32.1. The lowest BCUT2D eigenvalue weighted by Gasteiger charge is -2.37. The molecule has 1 fully saturated rings. The summed E-state index contributed by atoms with van der Waals surface area (Å²) in [4.78, 5) is 37.5. The third-order valence-corrected chi connectivity index (χ3v) is 5.39. The molecule has 0 radical (unpaired) electrons. The molecule has 1 N–H and O–H groups in total. The van der Waals surface area contributed by atoms with Crippen LogP contribution in [0.4, 0.5) is 0 Å². The Morgan fingerprint density at radius 3 is 2.60 bits per heavy atom. The molecule has 0 spiro atoms. The molecule has 25 heavy (non-hydrogen) atoms. The van der Waals surface area contributed by atoms with Crippen LogP contribution in [0.2, 0.25) is 0 Å². The molecule has 3 rings (SSSR count). The molecule has 0 atom stereocenters. The summed E-state index contributed by atoms with van der Waals surface area (Å²) in [6.07, 6.45) is 6.14. The first-order valence-electron chi connectivity index (χ1n) is 8.18. The summed E-state index contributed by atoms with van der Waals surface area (Å²) in [6, 6.07) is 1.72. The van der Waals surface area contributed by atoms with Crippen LogP contribution in [0.3, 0.4) is 0 Å². The summed E-state index contributed by atoms with van der Waals surface area (Å²) in [6.45, 7) is 2.15. The van der Waals surface area contributed by atoms with Gasteiger partial charge in [0.25, 0.3) is 5.91 Å². The highest BCUT2D eigenvalue weighted by molar-refractivity contribution is 7.13. The van der Waals surface area contributed by atoms with Crippen molar-refractivity contribution < 1.29 is 14.3 Å². The van der Waals surface area contributed by atoms with E-state index in [1.165, 1.54) is 18.4 Å². The first-order valence-corrected chi connectivity index (χ1v) is 9.06. The first kappa shape index (κ1) is 17.5. The minimum atomic E-state index is -0.967. The van der Waals surface area contributed by atoms with Gasteiger partial charge in [-0.2, -0.15) is 0 Å². The van der Waals surface area contributed by atoms with E-state index in [2.05, 4.69) is 27.2 Å². The molecule has 2 heterocycles. The largest absolute Gasteiger partial charge is 0.467 e. The van der Waals surface area contributed by atoms with Gasteiger partial charge < -0.3 is 10.1 Å². The summed E-state index contributed by atoms with van der Waals surface area (Å²) in [5, 5.41) is 5.09. The van der Waals surface area contributed by atoms with E-state index >= 15 is 0 Å². The third kappa shape index (κ3) is 3.68. The van der Waals surface area contributed by atoms with Gasteiger partial charge in [-0.05, 0) is 37.7 Å². The lowest BCUT2D eigenvalue weighted by atomic mass is 9.77. The molecular weight excluding hydrogens is 340 g/mol. The quantitative estimate of drug-likeness (QED) is 0.842. The van der Waals surface area contributed by atoms with Crippen molar-refractivity contribution in [1.82, 2.24) is 20.3 Å². The summed E-state index contributed by atoms with van der Waals surface area (Å²) < 4.78 is 4.95. The average Bonchev–Trinajstić information content (AvgIpc) is 3.14. The zero-order valence-electron chi connectivity index (χ0n) is 14.2. The maximum atomic E-state index is 12.6. The fourth-order valence-electron chi connectivity index (χ4n) is 3.00. The molecule has 2 aromatic rings. The lowest BCUT2D eigenvalue weighted by molar-refractivity contribution is -0.150. The fourth-order valence-corrected chi connectivity index (χ4v) is 3.75. The summed E-state index contributed by atoms with van der Waals surface area (Å²) >= 11 is 1.29. The minimum Gasteiger partial charge on any atom is -0.467 e. The van der Waals surface area contributed by atoms with E-state index in [0.717, 1.165) is 12.8 Å². The number of esters is 1. The van der Waals surface area contributed by atoms with Gasteiger partial charge in [0, 0.05) is 17.8 Å². The van der Waals surface area contributed by atoms with Crippen molar-refractivity contribution in [3.63, 3.8) is 0 Å². The van der Waals surface area contributed by atoms with E-state index < -0.39 is 11.5 Å². The second-order valence-electron chi connectivity index (χ2n) is 6.32. The molecule has 8 heteroatoms. The Morgan fingerprint density at radius 2 is 1.96 bits per heavy atom.